The Morgan fingerprint density at radius 2 is 1.65 bits per heavy atom. The minimum absolute atomic E-state index is 0.0148. The van der Waals surface area contributed by atoms with E-state index in [1.165, 1.54) is 0 Å². The van der Waals surface area contributed by atoms with Crippen LogP contribution in [0.25, 0.3) is 0 Å². The monoisotopic (exact) mass is 275 g/mol. The number of nitrogens with two attached hydrogens (primary N) is 1. The fourth-order valence-corrected chi connectivity index (χ4v) is 1.86. The van der Waals surface area contributed by atoms with Gasteiger partial charge in [-0.25, -0.2) is 0 Å². The Labute approximate surface area is 118 Å². The third-order valence-corrected chi connectivity index (χ3v) is 3.66. The van der Waals surface area contributed by atoms with E-state index < -0.39 is 0 Å². The maximum Gasteiger partial charge on any atom is 0.231 e. The average Bonchev–Trinajstić information content (AvgIpc) is 3.22. The first-order valence-corrected chi connectivity index (χ1v) is 6.89. The van der Waals surface area contributed by atoms with E-state index in [1.54, 1.807) is 24.3 Å². The summed E-state index contributed by atoms with van der Waals surface area (Å²) in [5.74, 6) is -0.102. The van der Waals surface area contributed by atoms with Crippen LogP contribution in [0.4, 0.5) is 11.4 Å². The Hall–Kier alpha value is -1.88. The van der Waals surface area contributed by atoms with E-state index in [2.05, 4.69) is 10.6 Å². The van der Waals surface area contributed by atoms with Gasteiger partial charge in [-0.15, -0.1) is 0 Å². The van der Waals surface area contributed by atoms with Crippen LogP contribution in [0.3, 0.4) is 0 Å². The van der Waals surface area contributed by atoms with E-state index in [9.17, 15) is 9.59 Å². The molecule has 108 valence electrons. The second-order valence-electron chi connectivity index (χ2n) is 5.66. The van der Waals surface area contributed by atoms with Gasteiger partial charge in [-0.05, 0) is 37.1 Å². The fraction of sp³-hybridized carbons (Fsp3) is 0.467. The molecule has 0 aliphatic heterocycles. The van der Waals surface area contributed by atoms with Crippen molar-refractivity contribution >= 4 is 23.2 Å². The molecule has 5 heteroatoms. The van der Waals surface area contributed by atoms with Crippen molar-refractivity contribution in [1.29, 1.82) is 0 Å². The predicted octanol–water partition coefficient (Wildman–Crippen LogP) is 1.96. The van der Waals surface area contributed by atoms with Crippen LogP contribution in [0.1, 0.15) is 26.7 Å². The first-order chi connectivity index (χ1) is 9.47. The van der Waals surface area contributed by atoms with Crippen molar-refractivity contribution in [3.05, 3.63) is 24.3 Å². The number of nitrogens with one attached hydrogen (secondary N) is 2. The lowest BCUT2D eigenvalue weighted by atomic mass is 10.1. The summed E-state index contributed by atoms with van der Waals surface area (Å²) in [6, 6.07) is 7.11. The zero-order valence-electron chi connectivity index (χ0n) is 11.9. The van der Waals surface area contributed by atoms with Crippen LogP contribution in [0.15, 0.2) is 24.3 Å². The van der Waals surface area contributed by atoms with Gasteiger partial charge in [0.15, 0.2) is 0 Å². The first kappa shape index (κ1) is 14.5. The molecule has 1 aromatic rings. The molecular formula is C15H21N3O2. The van der Waals surface area contributed by atoms with E-state index in [0.717, 1.165) is 24.2 Å². The third-order valence-electron chi connectivity index (χ3n) is 3.66. The predicted molar refractivity (Wildman–Crippen MR) is 79.3 cm³/mol. The normalized spacial score (nSPS) is 15.8. The van der Waals surface area contributed by atoms with Gasteiger partial charge in [-0.1, -0.05) is 13.8 Å². The van der Waals surface area contributed by atoms with Crippen molar-refractivity contribution in [2.75, 3.05) is 17.2 Å². The van der Waals surface area contributed by atoms with Crippen LogP contribution in [0, 0.1) is 11.3 Å². The SMILES string of the molecule is CC(C)C(=O)Nc1ccc(NC(=O)C2(CN)CC2)cc1. The standard InChI is InChI=1S/C15H21N3O2/c1-10(2)13(19)17-11-3-5-12(6-4-11)18-14(20)15(9-16)7-8-15/h3-6,10H,7-9,16H2,1-2H3,(H,17,19)(H,18,20). The minimum atomic E-state index is -0.357. The molecule has 0 bridgehead atoms. The molecule has 0 unspecified atom stereocenters. The molecule has 1 fully saturated rings. The highest BCUT2D eigenvalue weighted by molar-refractivity contribution is 5.98. The highest BCUT2D eigenvalue weighted by Crippen LogP contribution is 2.45. The number of rotatable bonds is 5. The number of carbonyl (C=O) groups excluding carboxylic acids is 2. The van der Waals surface area contributed by atoms with E-state index >= 15 is 0 Å². The van der Waals surface area contributed by atoms with Crippen LogP contribution in [-0.4, -0.2) is 18.4 Å². The van der Waals surface area contributed by atoms with Crippen LogP contribution >= 0.6 is 0 Å². The number of anilines is 2. The molecule has 0 aromatic heterocycles. The molecule has 2 rings (SSSR count). The molecule has 1 aliphatic rings. The summed E-state index contributed by atoms with van der Waals surface area (Å²) in [5, 5.41) is 5.67. The highest BCUT2D eigenvalue weighted by atomic mass is 16.2. The first-order valence-electron chi connectivity index (χ1n) is 6.89. The molecule has 0 saturated heterocycles. The minimum Gasteiger partial charge on any atom is -0.329 e. The second kappa shape index (κ2) is 5.63. The number of hydrogen-bond acceptors (Lipinski definition) is 3. The molecule has 0 spiro atoms. The zero-order valence-corrected chi connectivity index (χ0v) is 11.9. The van der Waals surface area contributed by atoms with Gasteiger partial charge in [-0.2, -0.15) is 0 Å². The number of hydrogen-bond donors (Lipinski definition) is 3. The van der Waals surface area contributed by atoms with Crippen LogP contribution in [-0.2, 0) is 9.59 Å². The summed E-state index contributed by atoms with van der Waals surface area (Å²) in [4.78, 5) is 23.6. The van der Waals surface area contributed by atoms with Gasteiger partial charge in [0.25, 0.3) is 0 Å². The molecule has 0 heterocycles. The maximum atomic E-state index is 12.0. The van der Waals surface area contributed by atoms with Crippen molar-refractivity contribution in [3.8, 4) is 0 Å². The van der Waals surface area contributed by atoms with Crippen LogP contribution < -0.4 is 16.4 Å². The van der Waals surface area contributed by atoms with Crippen molar-refractivity contribution in [1.82, 2.24) is 0 Å². The third kappa shape index (κ3) is 3.17. The molecule has 1 aliphatic carbocycles. The number of benzene rings is 1. The second-order valence-corrected chi connectivity index (χ2v) is 5.66. The Morgan fingerprint density at radius 1 is 1.15 bits per heavy atom. The van der Waals surface area contributed by atoms with E-state index in [4.69, 9.17) is 5.73 Å². The van der Waals surface area contributed by atoms with Gasteiger partial charge in [0.2, 0.25) is 11.8 Å². The molecule has 0 atom stereocenters. The largest absolute Gasteiger partial charge is 0.329 e. The Morgan fingerprint density at radius 3 is 2.05 bits per heavy atom. The summed E-state index contributed by atoms with van der Waals surface area (Å²) in [6.07, 6.45) is 1.72. The van der Waals surface area contributed by atoms with E-state index in [1.807, 2.05) is 13.8 Å². The van der Waals surface area contributed by atoms with Crippen molar-refractivity contribution in [2.24, 2.45) is 17.1 Å². The highest BCUT2D eigenvalue weighted by Gasteiger charge is 2.48. The number of amides is 2. The van der Waals surface area contributed by atoms with E-state index in [0.29, 0.717) is 6.54 Å². The smallest absolute Gasteiger partial charge is 0.231 e. The molecule has 1 aromatic carbocycles. The lowest BCUT2D eigenvalue weighted by Gasteiger charge is -2.13. The number of carbonyl (C=O) groups is 2. The van der Waals surface area contributed by atoms with Gasteiger partial charge in [-0.3, -0.25) is 9.59 Å². The lowest BCUT2D eigenvalue weighted by molar-refractivity contribution is -0.121. The molecule has 1 saturated carbocycles. The van der Waals surface area contributed by atoms with Gasteiger partial charge in [0, 0.05) is 23.8 Å². The Bertz CT molecular complexity index is 504. The molecule has 2 amide bonds. The van der Waals surface area contributed by atoms with Crippen LogP contribution in [0.2, 0.25) is 0 Å². The lowest BCUT2D eigenvalue weighted by Crippen LogP contribution is -2.30. The summed E-state index contributed by atoms with van der Waals surface area (Å²) >= 11 is 0. The summed E-state index contributed by atoms with van der Waals surface area (Å²) in [7, 11) is 0. The topological polar surface area (TPSA) is 84.2 Å². The summed E-state index contributed by atoms with van der Waals surface area (Å²) in [6.45, 7) is 4.07. The van der Waals surface area contributed by atoms with Crippen molar-refractivity contribution in [2.45, 2.75) is 26.7 Å². The Balaban J connectivity index is 1.95. The van der Waals surface area contributed by atoms with Gasteiger partial charge < -0.3 is 16.4 Å². The van der Waals surface area contributed by atoms with Gasteiger partial charge in [0.1, 0.15) is 0 Å². The molecular weight excluding hydrogens is 254 g/mol. The molecule has 5 nitrogen and oxygen atoms in total. The van der Waals surface area contributed by atoms with Gasteiger partial charge >= 0.3 is 0 Å². The quantitative estimate of drug-likeness (QED) is 0.768. The fourth-order valence-electron chi connectivity index (χ4n) is 1.86. The zero-order chi connectivity index (χ0) is 14.8. The molecule has 4 N–H and O–H groups in total. The summed E-state index contributed by atoms with van der Waals surface area (Å²) < 4.78 is 0. The van der Waals surface area contributed by atoms with Crippen LogP contribution in [0.5, 0.6) is 0 Å². The summed E-state index contributed by atoms with van der Waals surface area (Å²) in [5.41, 5.74) is 6.71. The Kier molecular flexibility index (Phi) is 4.09. The maximum absolute atomic E-state index is 12.0. The van der Waals surface area contributed by atoms with E-state index in [-0.39, 0.29) is 23.1 Å². The van der Waals surface area contributed by atoms with Gasteiger partial charge in [0.05, 0.1) is 5.41 Å². The average molecular weight is 275 g/mol. The van der Waals surface area contributed by atoms with Crippen molar-refractivity contribution in [3.63, 3.8) is 0 Å². The van der Waals surface area contributed by atoms with Crippen molar-refractivity contribution < 1.29 is 9.59 Å². The molecule has 20 heavy (non-hydrogen) atoms. The molecule has 0 radical (unpaired) electrons.